The molecule has 0 saturated heterocycles. The van der Waals surface area contributed by atoms with E-state index in [1.165, 1.54) is 28.2 Å². The Morgan fingerprint density at radius 3 is 2.52 bits per heavy atom. The smallest absolute Gasteiger partial charge is 0.338 e. The number of carbonyl (C=O) groups is 1. The number of hydrogen-bond donors (Lipinski definition) is 0. The summed E-state index contributed by atoms with van der Waals surface area (Å²) in [6.45, 7) is 6.86. The van der Waals surface area contributed by atoms with Crippen LogP contribution in [0.2, 0.25) is 0 Å². The van der Waals surface area contributed by atoms with Gasteiger partial charge in [-0.2, -0.15) is 0 Å². The van der Waals surface area contributed by atoms with E-state index in [0.29, 0.717) is 12.2 Å². The van der Waals surface area contributed by atoms with Gasteiger partial charge in [0.05, 0.1) is 12.2 Å². The van der Waals surface area contributed by atoms with E-state index < -0.39 is 0 Å². The molecule has 0 saturated carbocycles. The lowest BCUT2D eigenvalue weighted by atomic mass is 9.80. The summed E-state index contributed by atoms with van der Waals surface area (Å²) >= 11 is 1.95. The molecule has 1 heterocycles. The van der Waals surface area contributed by atoms with Crippen LogP contribution in [0.1, 0.15) is 43.1 Å². The van der Waals surface area contributed by atoms with Crippen LogP contribution in [0, 0.1) is 0 Å². The molecule has 3 rings (SSSR count). The zero-order valence-corrected chi connectivity index (χ0v) is 14.7. The summed E-state index contributed by atoms with van der Waals surface area (Å²) in [5, 5.41) is 0. The molecule has 0 amide bonds. The summed E-state index contributed by atoms with van der Waals surface area (Å²) in [6.07, 6.45) is 1.20. The van der Waals surface area contributed by atoms with Crippen LogP contribution in [0.3, 0.4) is 0 Å². The van der Waals surface area contributed by atoms with E-state index in [0.717, 1.165) is 5.56 Å². The largest absolute Gasteiger partial charge is 0.462 e. The summed E-state index contributed by atoms with van der Waals surface area (Å²) in [5.41, 5.74) is 4.59. The van der Waals surface area contributed by atoms with Crippen molar-refractivity contribution in [1.29, 1.82) is 0 Å². The fourth-order valence-corrected chi connectivity index (χ4v) is 4.42. The standard InChI is InChI=1S/C20H22O2S/c1-4-22-19(21)15-7-5-14(6-8-15)16-9-10-18-17(13-16)20(2,3)11-12-23-18/h5-10,13H,4,11-12H2,1-3H3. The van der Waals surface area contributed by atoms with Gasteiger partial charge in [0, 0.05) is 4.90 Å². The zero-order valence-electron chi connectivity index (χ0n) is 13.9. The Kier molecular flexibility index (Phi) is 4.49. The number of thioether (sulfide) groups is 1. The lowest BCUT2D eigenvalue weighted by Gasteiger charge is -2.32. The van der Waals surface area contributed by atoms with Crippen molar-refractivity contribution < 1.29 is 9.53 Å². The third kappa shape index (κ3) is 3.30. The van der Waals surface area contributed by atoms with Gasteiger partial charge >= 0.3 is 5.97 Å². The van der Waals surface area contributed by atoms with E-state index in [9.17, 15) is 4.79 Å². The van der Waals surface area contributed by atoms with Crippen LogP contribution in [0.4, 0.5) is 0 Å². The normalized spacial score (nSPS) is 15.8. The molecule has 0 fully saturated rings. The van der Waals surface area contributed by atoms with Crippen LogP contribution in [0.5, 0.6) is 0 Å². The van der Waals surface area contributed by atoms with Crippen molar-refractivity contribution in [3.05, 3.63) is 53.6 Å². The van der Waals surface area contributed by atoms with Crippen LogP contribution in [0.25, 0.3) is 11.1 Å². The highest BCUT2D eigenvalue weighted by atomic mass is 32.2. The topological polar surface area (TPSA) is 26.3 Å². The van der Waals surface area contributed by atoms with E-state index in [4.69, 9.17) is 4.74 Å². The molecule has 0 unspecified atom stereocenters. The van der Waals surface area contributed by atoms with E-state index in [2.05, 4.69) is 32.0 Å². The van der Waals surface area contributed by atoms with Crippen LogP contribution >= 0.6 is 11.8 Å². The fourth-order valence-electron chi connectivity index (χ4n) is 2.93. The minimum Gasteiger partial charge on any atom is -0.462 e. The molecule has 120 valence electrons. The van der Waals surface area contributed by atoms with Crippen molar-refractivity contribution in [3.63, 3.8) is 0 Å². The Labute approximate surface area is 142 Å². The minimum atomic E-state index is -0.262. The fraction of sp³-hybridized carbons (Fsp3) is 0.350. The SMILES string of the molecule is CCOC(=O)c1ccc(-c2ccc3c(c2)C(C)(C)CCS3)cc1. The Balaban J connectivity index is 1.92. The lowest BCUT2D eigenvalue weighted by molar-refractivity contribution is 0.0526. The maximum Gasteiger partial charge on any atom is 0.338 e. The first-order valence-corrected chi connectivity index (χ1v) is 9.05. The molecule has 0 radical (unpaired) electrons. The molecule has 2 aromatic rings. The number of benzene rings is 2. The first-order chi connectivity index (χ1) is 11.0. The van der Waals surface area contributed by atoms with Gasteiger partial charge in [-0.05, 0) is 65.5 Å². The van der Waals surface area contributed by atoms with Gasteiger partial charge in [0.1, 0.15) is 0 Å². The summed E-state index contributed by atoms with van der Waals surface area (Å²) in [6, 6.07) is 14.4. The number of hydrogen-bond acceptors (Lipinski definition) is 3. The number of fused-ring (bicyclic) bond motifs is 1. The second kappa shape index (κ2) is 6.40. The number of carbonyl (C=O) groups excluding carboxylic acids is 1. The molecule has 0 atom stereocenters. The lowest BCUT2D eigenvalue weighted by Crippen LogP contribution is -2.22. The molecule has 3 heteroatoms. The van der Waals surface area contributed by atoms with Crippen molar-refractivity contribution in [2.45, 2.75) is 37.5 Å². The van der Waals surface area contributed by atoms with Crippen molar-refractivity contribution in [1.82, 2.24) is 0 Å². The molecule has 0 aliphatic carbocycles. The van der Waals surface area contributed by atoms with Crippen LogP contribution in [-0.4, -0.2) is 18.3 Å². The van der Waals surface area contributed by atoms with E-state index >= 15 is 0 Å². The van der Waals surface area contributed by atoms with Gasteiger partial charge in [-0.25, -0.2) is 4.79 Å². The quantitative estimate of drug-likeness (QED) is 0.716. The van der Waals surface area contributed by atoms with Crippen molar-refractivity contribution >= 4 is 17.7 Å². The number of ether oxygens (including phenoxy) is 1. The molecule has 0 spiro atoms. The van der Waals surface area contributed by atoms with Crippen molar-refractivity contribution in [2.24, 2.45) is 0 Å². The molecule has 1 aliphatic rings. The van der Waals surface area contributed by atoms with Crippen LogP contribution in [0.15, 0.2) is 47.4 Å². The number of rotatable bonds is 3. The Morgan fingerprint density at radius 1 is 1.13 bits per heavy atom. The van der Waals surface area contributed by atoms with Gasteiger partial charge < -0.3 is 4.74 Å². The van der Waals surface area contributed by atoms with Gasteiger partial charge in [0.2, 0.25) is 0 Å². The van der Waals surface area contributed by atoms with Crippen molar-refractivity contribution in [3.8, 4) is 11.1 Å². The van der Waals surface area contributed by atoms with Gasteiger partial charge in [0.15, 0.2) is 0 Å². The van der Waals surface area contributed by atoms with E-state index in [1.54, 1.807) is 0 Å². The average molecular weight is 326 g/mol. The van der Waals surface area contributed by atoms with Gasteiger partial charge in [-0.1, -0.05) is 32.0 Å². The zero-order chi connectivity index (χ0) is 16.4. The Bertz CT molecular complexity index is 717. The molecule has 23 heavy (non-hydrogen) atoms. The minimum absolute atomic E-state index is 0.224. The Morgan fingerprint density at radius 2 is 1.83 bits per heavy atom. The Hall–Kier alpha value is -1.74. The second-order valence-electron chi connectivity index (χ2n) is 6.49. The molecule has 2 aromatic carbocycles. The highest BCUT2D eigenvalue weighted by Crippen LogP contribution is 2.42. The monoisotopic (exact) mass is 326 g/mol. The van der Waals surface area contributed by atoms with Gasteiger partial charge in [-0.15, -0.1) is 11.8 Å². The molecule has 2 nitrogen and oxygen atoms in total. The third-order valence-corrected chi connectivity index (χ3v) is 5.50. The van der Waals surface area contributed by atoms with E-state index in [-0.39, 0.29) is 11.4 Å². The predicted molar refractivity (Wildman–Crippen MR) is 96.2 cm³/mol. The summed E-state index contributed by atoms with van der Waals surface area (Å²) in [5.74, 6) is 0.926. The van der Waals surface area contributed by atoms with Gasteiger partial charge in [0.25, 0.3) is 0 Å². The highest BCUT2D eigenvalue weighted by Gasteiger charge is 2.27. The molecular weight excluding hydrogens is 304 g/mol. The average Bonchev–Trinajstić information content (AvgIpc) is 2.55. The van der Waals surface area contributed by atoms with Crippen LogP contribution < -0.4 is 0 Å². The highest BCUT2D eigenvalue weighted by molar-refractivity contribution is 7.99. The van der Waals surface area contributed by atoms with E-state index in [1.807, 2.05) is 43.0 Å². The second-order valence-corrected chi connectivity index (χ2v) is 7.63. The molecule has 0 N–H and O–H groups in total. The van der Waals surface area contributed by atoms with Gasteiger partial charge in [-0.3, -0.25) is 0 Å². The molecular formula is C20H22O2S. The first-order valence-electron chi connectivity index (χ1n) is 8.06. The maximum atomic E-state index is 11.7. The summed E-state index contributed by atoms with van der Waals surface area (Å²) in [7, 11) is 0. The van der Waals surface area contributed by atoms with Crippen LogP contribution in [-0.2, 0) is 10.2 Å². The predicted octanol–water partition coefficient (Wildman–Crippen LogP) is 5.30. The first kappa shape index (κ1) is 16.1. The summed E-state index contributed by atoms with van der Waals surface area (Å²) in [4.78, 5) is 13.1. The number of esters is 1. The third-order valence-electron chi connectivity index (χ3n) is 4.42. The molecule has 0 aromatic heterocycles. The molecule has 0 bridgehead atoms. The van der Waals surface area contributed by atoms with Crippen molar-refractivity contribution in [2.75, 3.05) is 12.4 Å². The summed E-state index contributed by atoms with van der Waals surface area (Å²) < 4.78 is 5.03. The molecule has 1 aliphatic heterocycles. The maximum absolute atomic E-state index is 11.7.